The highest BCUT2D eigenvalue weighted by Crippen LogP contribution is 2.30. The van der Waals surface area contributed by atoms with Crippen molar-refractivity contribution in [3.63, 3.8) is 0 Å². The third kappa shape index (κ3) is 7.20. The van der Waals surface area contributed by atoms with E-state index in [1.54, 1.807) is 20.2 Å². The van der Waals surface area contributed by atoms with E-state index in [0.717, 1.165) is 11.8 Å². The third-order valence-corrected chi connectivity index (χ3v) is 3.58. The molecule has 0 aliphatic rings. The molecule has 5 nitrogen and oxygen atoms in total. The average Bonchev–Trinajstić information content (AvgIpc) is 2.61. The summed E-state index contributed by atoms with van der Waals surface area (Å²) in [4.78, 5) is 4.14. The van der Waals surface area contributed by atoms with Gasteiger partial charge in [-0.15, -0.1) is 24.0 Å². The minimum absolute atomic E-state index is 0. The largest absolute Gasteiger partial charge is 0.493 e. The van der Waals surface area contributed by atoms with E-state index >= 15 is 0 Å². The Balaban J connectivity index is 0.00000364. The van der Waals surface area contributed by atoms with Crippen molar-refractivity contribution in [1.29, 1.82) is 0 Å². The summed E-state index contributed by atoms with van der Waals surface area (Å²) in [7, 11) is 3.22. The van der Waals surface area contributed by atoms with Crippen LogP contribution in [0.1, 0.15) is 12.5 Å². The van der Waals surface area contributed by atoms with E-state index in [1.807, 2.05) is 19.1 Å². The number of nitrogens with one attached hydrogen (secondary N) is 2. The molecule has 2 rings (SSSR count). The molecule has 0 atom stereocenters. The number of ether oxygens (including phenoxy) is 2. The first-order valence-corrected chi connectivity index (χ1v) is 8.29. The van der Waals surface area contributed by atoms with Crippen LogP contribution in [0.3, 0.4) is 0 Å². The maximum atomic E-state index is 13.2. The molecule has 0 aliphatic carbocycles. The number of hydrogen-bond acceptors (Lipinski definition) is 3. The smallest absolute Gasteiger partial charge is 0.195 e. The van der Waals surface area contributed by atoms with Gasteiger partial charge in [-0.1, -0.05) is 0 Å². The number of guanidine groups is 1. The molecule has 2 aromatic rings. The Bertz CT molecular complexity index is 752. The lowest BCUT2D eigenvalue weighted by atomic mass is 10.1. The summed E-state index contributed by atoms with van der Waals surface area (Å²) in [5.74, 6) is 0.653. The number of methoxy groups -OCH3 is 1. The minimum Gasteiger partial charge on any atom is -0.493 e. The predicted molar refractivity (Wildman–Crippen MR) is 115 cm³/mol. The van der Waals surface area contributed by atoms with Gasteiger partial charge in [-0.25, -0.2) is 8.78 Å². The van der Waals surface area contributed by atoms with Crippen molar-refractivity contribution in [3.05, 3.63) is 53.6 Å². The van der Waals surface area contributed by atoms with E-state index in [0.29, 0.717) is 42.6 Å². The summed E-state index contributed by atoms with van der Waals surface area (Å²) in [5, 5.41) is 6.24. The molecule has 0 fully saturated rings. The number of hydrogen-bond donors (Lipinski definition) is 2. The van der Waals surface area contributed by atoms with Gasteiger partial charge in [0.15, 0.2) is 17.5 Å². The van der Waals surface area contributed by atoms with Crippen molar-refractivity contribution in [2.45, 2.75) is 13.3 Å². The predicted octanol–water partition coefficient (Wildman–Crippen LogP) is 4.22. The molecule has 0 amide bonds. The number of benzene rings is 2. The normalized spacial score (nSPS) is 10.8. The highest BCUT2D eigenvalue weighted by Gasteiger charge is 2.07. The minimum atomic E-state index is -0.580. The van der Waals surface area contributed by atoms with Crippen LogP contribution in [0.15, 0.2) is 41.4 Å². The van der Waals surface area contributed by atoms with Gasteiger partial charge in [0, 0.05) is 31.4 Å². The molecule has 0 radical (unpaired) electrons. The highest BCUT2D eigenvalue weighted by atomic mass is 127. The zero-order chi connectivity index (χ0) is 18.9. The second-order valence-corrected chi connectivity index (χ2v) is 5.45. The lowest BCUT2D eigenvalue weighted by molar-refractivity contribution is 0.311. The van der Waals surface area contributed by atoms with E-state index in [1.165, 1.54) is 12.1 Å². The van der Waals surface area contributed by atoms with Crippen molar-refractivity contribution in [2.75, 3.05) is 32.6 Å². The summed E-state index contributed by atoms with van der Waals surface area (Å²) in [6.45, 7) is 2.92. The van der Waals surface area contributed by atoms with Crippen LogP contribution in [0.4, 0.5) is 14.5 Å². The number of rotatable bonds is 7. The van der Waals surface area contributed by atoms with Gasteiger partial charge in [0.2, 0.25) is 0 Å². The topological polar surface area (TPSA) is 54.9 Å². The Hall–Kier alpha value is -2.10. The van der Waals surface area contributed by atoms with E-state index in [-0.39, 0.29) is 24.0 Å². The van der Waals surface area contributed by atoms with Gasteiger partial charge < -0.3 is 20.1 Å². The SMILES string of the molecule is CCOc1ccc(NC(=NC)NCCc2cc(F)cc(F)c2)cc1OC.I. The quantitative estimate of drug-likeness (QED) is 0.346. The fourth-order valence-electron chi connectivity index (χ4n) is 2.42. The monoisotopic (exact) mass is 491 g/mol. The maximum Gasteiger partial charge on any atom is 0.195 e. The number of anilines is 1. The third-order valence-electron chi connectivity index (χ3n) is 3.58. The highest BCUT2D eigenvalue weighted by molar-refractivity contribution is 14.0. The number of halogens is 3. The molecule has 0 spiro atoms. The van der Waals surface area contributed by atoms with Crippen LogP contribution in [0, 0.1) is 11.6 Å². The van der Waals surface area contributed by atoms with Gasteiger partial charge in [0.25, 0.3) is 0 Å². The fourth-order valence-corrected chi connectivity index (χ4v) is 2.42. The molecule has 0 saturated heterocycles. The molecule has 2 aromatic carbocycles. The Kier molecular flexibility index (Phi) is 9.84. The molecule has 0 heterocycles. The summed E-state index contributed by atoms with van der Waals surface area (Å²) in [6.07, 6.45) is 0.460. The van der Waals surface area contributed by atoms with Crippen LogP contribution in [0.25, 0.3) is 0 Å². The molecular formula is C19H24F2IN3O2. The zero-order valence-corrected chi connectivity index (χ0v) is 17.8. The van der Waals surface area contributed by atoms with Gasteiger partial charge in [-0.2, -0.15) is 0 Å². The van der Waals surface area contributed by atoms with Crippen LogP contribution in [-0.4, -0.2) is 33.3 Å². The first-order chi connectivity index (χ1) is 12.5. The first-order valence-electron chi connectivity index (χ1n) is 8.29. The maximum absolute atomic E-state index is 13.2. The molecule has 148 valence electrons. The lowest BCUT2D eigenvalue weighted by Crippen LogP contribution is -2.32. The Morgan fingerprint density at radius 1 is 1.07 bits per heavy atom. The molecule has 0 aromatic heterocycles. The Labute approximate surface area is 175 Å². The molecule has 8 heteroatoms. The molecule has 0 aliphatic heterocycles. The van der Waals surface area contributed by atoms with E-state index in [4.69, 9.17) is 9.47 Å². The fraction of sp³-hybridized carbons (Fsp3) is 0.316. The van der Waals surface area contributed by atoms with E-state index < -0.39 is 11.6 Å². The van der Waals surface area contributed by atoms with Crippen LogP contribution in [-0.2, 0) is 6.42 Å². The molecular weight excluding hydrogens is 467 g/mol. The Morgan fingerprint density at radius 3 is 2.37 bits per heavy atom. The summed E-state index contributed by atoms with van der Waals surface area (Å²) < 4.78 is 37.2. The zero-order valence-electron chi connectivity index (χ0n) is 15.5. The first kappa shape index (κ1) is 22.9. The van der Waals surface area contributed by atoms with Gasteiger partial charge in [0.1, 0.15) is 11.6 Å². The van der Waals surface area contributed by atoms with Crippen molar-refractivity contribution in [2.24, 2.45) is 4.99 Å². The molecule has 0 unspecified atom stereocenters. The summed E-state index contributed by atoms with van der Waals surface area (Å²) >= 11 is 0. The van der Waals surface area contributed by atoms with Crippen LogP contribution >= 0.6 is 24.0 Å². The van der Waals surface area contributed by atoms with Crippen molar-refractivity contribution < 1.29 is 18.3 Å². The molecule has 0 bridgehead atoms. The van der Waals surface area contributed by atoms with E-state index in [9.17, 15) is 8.78 Å². The molecule has 2 N–H and O–H groups in total. The van der Waals surface area contributed by atoms with Gasteiger partial charge >= 0.3 is 0 Å². The second kappa shape index (κ2) is 11.6. The molecule has 27 heavy (non-hydrogen) atoms. The summed E-state index contributed by atoms with van der Waals surface area (Å²) in [5.41, 5.74) is 1.35. The van der Waals surface area contributed by atoms with E-state index in [2.05, 4.69) is 15.6 Å². The van der Waals surface area contributed by atoms with Crippen molar-refractivity contribution in [1.82, 2.24) is 5.32 Å². The molecule has 0 saturated carbocycles. The number of aliphatic imine (C=N–C) groups is 1. The van der Waals surface area contributed by atoms with Gasteiger partial charge in [0.05, 0.1) is 13.7 Å². The van der Waals surface area contributed by atoms with Crippen LogP contribution in [0.2, 0.25) is 0 Å². The van der Waals surface area contributed by atoms with Crippen molar-refractivity contribution in [3.8, 4) is 11.5 Å². The average molecular weight is 491 g/mol. The van der Waals surface area contributed by atoms with Crippen LogP contribution < -0.4 is 20.1 Å². The second-order valence-electron chi connectivity index (χ2n) is 5.45. The number of nitrogens with zero attached hydrogens (tertiary/aromatic N) is 1. The van der Waals surface area contributed by atoms with Gasteiger partial charge in [-0.05, 0) is 43.2 Å². The van der Waals surface area contributed by atoms with Gasteiger partial charge in [-0.3, -0.25) is 4.99 Å². The Morgan fingerprint density at radius 2 is 1.78 bits per heavy atom. The van der Waals surface area contributed by atoms with Crippen LogP contribution in [0.5, 0.6) is 11.5 Å². The lowest BCUT2D eigenvalue weighted by Gasteiger charge is -2.14. The summed E-state index contributed by atoms with van der Waals surface area (Å²) in [6, 6.07) is 8.96. The van der Waals surface area contributed by atoms with Crippen molar-refractivity contribution >= 4 is 35.6 Å². The standard InChI is InChI=1S/C19H23F2N3O2.HI/c1-4-26-17-6-5-16(12-18(17)25-3)24-19(22-2)23-8-7-13-9-14(20)11-15(21)10-13;/h5-6,9-12H,4,7-8H2,1-3H3,(H2,22,23,24);1H.